The topological polar surface area (TPSA) is 37.3 Å². The second-order valence-electron chi connectivity index (χ2n) is 6.74. The summed E-state index contributed by atoms with van der Waals surface area (Å²) < 4.78 is 0. The summed E-state index contributed by atoms with van der Waals surface area (Å²) in [5.74, 6) is 1.06. The summed E-state index contributed by atoms with van der Waals surface area (Å²) in [6.45, 7) is 10.2. The Bertz CT molecular complexity index is 357. The lowest BCUT2D eigenvalue weighted by Gasteiger charge is -2.36. The van der Waals surface area contributed by atoms with Crippen LogP contribution in [0.25, 0.3) is 0 Å². The van der Waals surface area contributed by atoms with E-state index in [0.717, 1.165) is 32.1 Å². The highest BCUT2D eigenvalue weighted by atomic mass is 16.3. The van der Waals surface area contributed by atoms with Crippen LogP contribution in [-0.2, 0) is 4.79 Å². The van der Waals surface area contributed by atoms with E-state index in [2.05, 4.69) is 39.5 Å². The summed E-state index contributed by atoms with van der Waals surface area (Å²) in [6.07, 6.45) is 11.0. The van der Waals surface area contributed by atoms with E-state index < -0.39 is 6.10 Å². The van der Waals surface area contributed by atoms with E-state index in [1.54, 1.807) is 0 Å². The molecule has 21 heavy (non-hydrogen) atoms. The first-order valence-corrected chi connectivity index (χ1v) is 8.49. The van der Waals surface area contributed by atoms with Crippen LogP contribution in [0.1, 0.15) is 59.3 Å². The minimum absolute atomic E-state index is 0.180. The maximum Gasteiger partial charge on any atom is 0.138 e. The zero-order valence-electron chi connectivity index (χ0n) is 13.9. The summed E-state index contributed by atoms with van der Waals surface area (Å²) in [4.78, 5) is 12.3. The fourth-order valence-corrected chi connectivity index (χ4v) is 3.46. The van der Waals surface area contributed by atoms with Crippen molar-refractivity contribution < 1.29 is 9.90 Å². The van der Waals surface area contributed by atoms with Crippen molar-refractivity contribution in [3.05, 3.63) is 24.8 Å². The number of rotatable bonds is 8. The Kier molecular flexibility index (Phi) is 7.95. The van der Waals surface area contributed by atoms with Gasteiger partial charge in [0.25, 0.3) is 0 Å². The van der Waals surface area contributed by atoms with Gasteiger partial charge in [0.05, 0.1) is 6.10 Å². The number of allylic oxidation sites excluding steroid dienone is 3. The smallest absolute Gasteiger partial charge is 0.138 e. The standard InChI is InChI=1S/C19H32O2/c1-5-9-16-12-8-13-17(20)18(16)19(21)15(6-2)11-7-10-14(3)4/h5,7,10,14-16,18-19,21H,1,6,8-9,11-13H2,2-4H3/b10-7+/t15-,16?,18?,19?/m0/s1. The minimum atomic E-state index is -0.510. The van der Waals surface area contributed by atoms with Gasteiger partial charge in [-0.25, -0.2) is 0 Å². The van der Waals surface area contributed by atoms with Crippen molar-refractivity contribution in [3.63, 3.8) is 0 Å². The SMILES string of the molecule is C=CCC1CCCC(=O)C1C(O)[C@@H](CC)C/C=C/C(C)C. The lowest BCUT2D eigenvalue weighted by atomic mass is 9.70. The molecule has 2 nitrogen and oxygen atoms in total. The lowest BCUT2D eigenvalue weighted by Crippen LogP contribution is -2.41. The first-order valence-electron chi connectivity index (χ1n) is 8.49. The molecule has 1 saturated carbocycles. The Morgan fingerprint density at radius 1 is 1.43 bits per heavy atom. The molecule has 0 spiro atoms. The zero-order valence-corrected chi connectivity index (χ0v) is 13.9. The van der Waals surface area contributed by atoms with Gasteiger partial charge < -0.3 is 5.11 Å². The van der Waals surface area contributed by atoms with Gasteiger partial charge in [0.2, 0.25) is 0 Å². The molecule has 4 atom stereocenters. The molecule has 1 fully saturated rings. The van der Waals surface area contributed by atoms with Gasteiger partial charge >= 0.3 is 0 Å². The number of aliphatic hydroxyl groups is 1. The Morgan fingerprint density at radius 2 is 2.14 bits per heavy atom. The van der Waals surface area contributed by atoms with E-state index in [9.17, 15) is 9.90 Å². The Labute approximate surface area is 130 Å². The van der Waals surface area contributed by atoms with Crippen LogP contribution in [0.3, 0.4) is 0 Å². The molecule has 1 N–H and O–H groups in total. The number of carbonyl (C=O) groups excluding carboxylic acids is 1. The molecule has 0 aromatic rings. The van der Waals surface area contributed by atoms with Crippen molar-refractivity contribution in [2.45, 2.75) is 65.4 Å². The third-order valence-corrected chi connectivity index (χ3v) is 4.68. The molecule has 0 aromatic heterocycles. The number of aliphatic hydroxyl groups excluding tert-OH is 1. The maximum absolute atomic E-state index is 12.3. The molecule has 2 heteroatoms. The summed E-state index contributed by atoms with van der Waals surface area (Å²) >= 11 is 0. The third kappa shape index (κ3) is 5.43. The monoisotopic (exact) mass is 292 g/mol. The van der Waals surface area contributed by atoms with Crippen LogP contribution in [-0.4, -0.2) is 17.0 Å². The van der Waals surface area contributed by atoms with Crippen molar-refractivity contribution >= 4 is 5.78 Å². The average Bonchev–Trinajstić information content (AvgIpc) is 2.43. The number of hydrogen-bond donors (Lipinski definition) is 1. The van der Waals surface area contributed by atoms with Gasteiger partial charge in [0, 0.05) is 12.3 Å². The van der Waals surface area contributed by atoms with Crippen molar-refractivity contribution in [2.24, 2.45) is 23.7 Å². The van der Waals surface area contributed by atoms with Crippen molar-refractivity contribution in [3.8, 4) is 0 Å². The molecule has 0 saturated heterocycles. The van der Waals surface area contributed by atoms with Gasteiger partial charge in [-0.05, 0) is 43.4 Å². The Balaban J connectivity index is 2.76. The van der Waals surface area contributed by atoms with Crippen LogP contribution < -0.4 is 0 Å². The van der Waals surface area contributed by atoms with Gasteiger partial charge in [0.15, 0.2) is 0 Å². The molecule has 3 unspecified atom stereocenters. The molecule has 0 radical (unpaired) electrons. The first-order chi connectivity index (χ1) is 10.0. The van der Waals surface area contributed by atoms with Crippen molar-refractivity contribution in [2.75, 3.05) is 0 Å². The van der Waals surface area contributed by atoms with Crippen molar-refractivity contribution in [1.29, 1.82) is 0 Å². The van der Waals surface area contributed by atoms with E-state index in [1.165, 1.54) is 0 Å². The van der Waals surface area contributed by atoms with Gasteiger partial charge in [-0.2, -0.15) is 0 Å². The summed E-state index contributed by atoms with van der Waals surface area (Å²) in [5, 5.41) is 10.8. The summed E-state index contributed by atoms with van der Waals surface area (Å²) in [7, 11) is 0. The maximum atomic E-state index is 12.3. The van der Waals surface area contributed by atoms with Gasteiger partial charge in [0.1, 0.15) is 5.78 Å². The van der Waals surface area contributed by atoms with Crippen LogP contribution in [0.2, 0.25) is 0 Å². The van der Waals surface area contributed by atoms with Gasteiger partial charge in [-0.3, -0.25) is 4.79 Å². The van der Waals surface area contributed by atoms with Crippen LogP contribution in [0, 0.1) is 23.7 Å². The quantitative estimate of drug-likeness (QED) is 0.667. The first kappa shape index (κ1) is 18.2. The largest absolute Gasteiger partial charge is 0.392 e. The molecule has 0 amide bonds. The molecule has 0 aliphatic heterocycles. The predicted molar refractivity (Wildman–Crippen MR) is 89.0 cm³/mol. The molecule has 1 aliphatic rings. The highest BCUT2D eigenvalue weighted by Gasteiger charge is 2.38. The van der Waals surface area contributed by atoms with E-state index in [4.69, 9.17) is 0 Å². The molecule has 1 aliphatic carbocycles. The highest BCUT2D eigenvalue weighted by Crippen LogP contribution is 2.36. The van der Waals surface area contributed by atoms with Crippen molar-refractivity contribution in [1.82, 2.24) is 0 Å². The number of ketones is 1. The fourth-order valence-electron chi connectivity index (χ4n) is 3.46. The normalized spacial score (nSPS) is 26.2. The Morgan fingerprint density at radius 3 is 2.71 bits per heavy atom. The van der Waals surface area contributed by atoms with Crippen LogP contribution in [0.5, 0.6) is 0 Å². The van der Waals surface area contributed by atoms with E-state index in [0.29, 0.717) is 12.3 Å². The number of carbonyl (C=O) groups is 1. The number of Topliss-reactive ketones (excluding diaryl/α,β-unsaturated/α-hetero) is 1. The van der Waals surface area contributed by atoms with Crippen LogP contribution in [0.15, 0.2) is 24.8 Å². The van der Waals surface area contributed by atoms with E-state index in [1.807, 2.05) is 6.08 Å². The second kappa shape index (κ2) is 9.19. The van der Waals surface area contributed by atoms with Gasteiger partial charge in [-0.15, -0.1) is 6.58 Å². The Hall–Kier alpha value is -0.890. The minimum Gasteiger partial charge on any atom is -0.392 e. The summed E-state index contributed by atoms with van der Waals surface area (Å²) in [6, 6.07) is 0. The molecule has 120 valence electrons. The van der Waals surface area contributed by atoms with Crippen LogP contribution >= 0.6 is 0 Å². The lowest BCUT2D eigenvalue weighted by molar-refractivity contribution is -0.133. The average molecular weight is 292 g/mol. The molecule has 1 rings (SSSR count). The van der Waals surface area contributed by atoms with E-state index >= 15 is 0 Å². The second-order valence-corrected chi connectivity index (χ2v) is 6.74. The molecular weight excluding hydrogens is 260 g/mol. The highest BCUT2D eigenvalue weighted by molar-refractivity contribution is 5.82. The fraction of sp³-hybridized carbons (Fsp3) is 0.737. The van der Waals surface area contributed by atoms with Crippen LogP contribution in [0.4, 0.5) is 0 Å². The molecule has 0 aromatic carbocycles. The number of hydrogen-bond acceptors (Lipinski definition) is 2. The van der Waals surface area contributed by atoms with E-state index in [-0.39, 0.29) is 23.5 Å². The molecular formula is C19H32O2. The third-order valence-electron chi connectivity index (χ3n) is 4.68. The summed E-state index contributed by atoms with van der Waals surface area (Å²) in [5.41, 5.74) is 0. The zero-order chi connectivity index (χ0) is 15.8. The molecule has 0 heterocycles. The molecule has 0 bridgehead atoms. The predicted octanol–water partition coefficient (Wildman–Crippen LogP) is 4.54. The van der Waals surface area contributed by atoms with Gasteiger partial charge in [-0.1, -0.05) is 45.4 Å².